The number of aromatic nitrogens is 3. The van der Waals surface area contributed by atoms with Gasteiger partial charge in [0.15, 0.2) is 11.6 Å². The molecule has 0 amide bonds. The highest BCUT2D eigenvalue weighted by Crippen LogP contribution is 2.25. The number of thioether (sulfide) groups is 1. The normalized spacial score (nSPS) is 10.3. The second-order valence-corrected chi connectivity index (χ2v) is 4.94. The van der Waals surface area contributed by atoms with Crippen LogP contribution >= 0.6 is 11.8 Å². The third kappa shape index (κ3) is 2.73. The zero-order chi connectivity index (χ0) is 13.0. The van der Waals surface area contributed by atoms with Gasteiger partial charge in [-0.15, -0.1) is 11.8 Å². The van der Waals surface area contributed by atoms with Gasteiger partial charge in [0.1, 0.15) is 5.69 Å². The first-order valence-corrected chi connectivity index (χ1v) is 6.62. The van der Waals surface area contributed by atoms with Gasteiger partial charge in [0.05, 0.1) is 0 Å². The van der Waals surface area contributed by atoms with Crippen LogP contribution in [0.4, 0.5) is 0 Å². The summed E-state index contributed by atoms with van der Waals surface area (Å²) in [6, 6.07) is 3.69. The highest BCUT2D eigenvalue weighted by molar-refractivity contribution is 7.99. The highest BCUT2D eigenvalue weighted by atomic mass is 32.2. The molecule has 0 unspecified atom stereocenters. The van der Waals surface area contributed by atoms with Gasteiger partial charge in [-0.25, -0.2) is 9.97 Å². The van der Waals surface area contributed by atoms with Gasteiger partial charge in [-0.2, -0.15) is 0 Å². The minimum Gasteiger partial charge on any atom is -0.293 e. The molecule has 2 aromatic heterocycles. The zero-order valence-electron chi connectivity index (χ0n) is 10.3. The molecule has 0 saturated carbocycles. The molecule has 0 spiro atoms. The second kappa shape index (κ2) is 5.73. The quantitative estimate of drug-likeness (QED) is 0.624. The summed E-state index contributed by atoms with van der Waals surface area (Å²) in [6.07, 6.45) is 5.02. The van der Waals surface area contributed by atoms with Crippen molar-refractivity contribution >= 4 is 17.5 Å². The first-order chi connectivity index (χ1) is 8.72. The molecular formula is C13H13N3OS. The maximum Gasteiger partial charge on any atom is 0.179 e. The Bertz CT molecular complexity index is 557. The fourth-order valence-corrected chi connectivity index (χ4v) is 2.40. The molecule has 0 aromatic carbocycles. The van der Waals surface area contributed by atoms with Crippen LogP contribution in [0.25, 0.3) is 11.4 Å². The number of carbonyl (C=O) groups is 1. The number of nitrogens with zero attached hydrogens (tertiary/aromatic N) is 3. The smallest absolute Gasteiger partial charge is 0.179 e. The van der Waals surface area contributed by atoms with Crippen molar-refractivity contribution in [1.82, 2.24) is 15.0 Å². The fourth-order valence-electron chi connectivity index (χ4n) is 1.54. The summed E-state index contributed by atoms with van der Waals surface area (Å²) in [5.74, 6) is 1.49. The van der Waals surface area contributed by atoms with E-state index in [0.29, 0.717) is 11.5 Å². The lowest BCUT2D eigenvalue weighted by Gasteiger charge is -2.06. The molecule has 0 N–H and O–H groups in total. The number of rotatable bonds is 4. The molecular weight excluding hydrogens is 246 g/mol. The van der Waals surface area contributed by atoms with E-state index in [0.717, 1.165) is 16.2 Å². The van der Waals surface area contributed by atoms with Crippen LogP contribution < -0.4 is 0 Å². The van der Waals surface area contributed by atoms with Gasteiger partial charge in [0.2, 0.25) is 0 Å². The molecule has 2 heterocycles. The molecule has 0 fully saturated rings. The molecule has 0 atom stereocenters. The van der Waals surface area contributed by atoms with Crippen LogP contribution in [0.3, 0.4) is 0 Å². The number of hydrogen-bond donors (Lipinski definition) is 0. The van der Waals surface area contributed by atoms with Crippen LogP contribution in [-0.4, -0.2) is 26.5 Å². The zero-order valence-corrected chi connectivity index (χ0v) is 11.1. The number of hydrogen-bond acceptors (Lipinski definition) is 5. The summed E-state index contributed by atoms with van der Waals surface area (Å²) in [4.78, 5) is 24.9. The van der Waals surface area contributed by atoms with Crippen LogP contribution in [0, 0.1) is 0 Å². The Morgan fingerprint density at radius 3 is 2.61 bits per heavy atom. The predicted molar refractivity (Wildman–Crippen MR) is 71.7 cm³/mol. The standard InChI is InChI=1S/C13H13N3OS/c1-3-18-11-7-10(8-16-12(11)9(2)17)13-14-5-4-6-15-13/h4-8H,3H2,1-2H3. The molecule has 4 nitrogen and oxygen atoms in total. The Morgan fingerprint density at radius 2 is 2.00 bits per heavy atom. The molecule has 18 heavy (non-hydrogen) atoms. The molecule has 0 aliphatic heterocycles. The number of pyridine rings is 1. The van der Waals surface area contributed by atoms with Crippen LogP contribution in [-0.2, 0) is 0 Å². The van der Waals surface area contributed by atoms with Crippen LogP contribution in [0.1, 0.15) is 24.3 Å². The molecule has 0 bridgehead atoms. The SMILES string of the molecule is CCSc1cc(-c2ncccn2)cnc1C(C)=O. The minimum absolute atomic E-state index is 0.0218. The van der Waals surface area contributed by atoms with E-state index in [4.69, 9.17) is 0 Å². The van der Waals surface area contributed by atoms with Gasteiger partial charge >= 0.3 is 0 Å². The van der Waals surface area contributed by atoms with E-state index in [1.807, 2.05) is 13.0 Å². The Kier molecular flexibility index (Phi) is 4.04. The molecule has 92 valence electrons. The van der Waals surface area contributed by atoms with Gasteiger partial charge in [0.25, 0.3) is 0 Å². The highest BCUT2D eigenvalue weighted by Gasteiger charge is 2.11. The average Bonchev–Trinajstić information content (AvgIpc) is 2.40. The van der Waals surface area contributed by atoms with Crippen molar-refractivity contribution in [2.45, 2.75) is 18.7 Å². The van der Waals surface area contributed by atoms with Crippen molar-refractivity contribution in [1.29, 1.82) is 0 Å². The van der Waals surface area contributed by atoms with Crippen molar-refractivity contribution in [2.75, 3.05) is 5.75 Å². The minimum atomic E-state index is -0.0218. The van der Waals surface area contributed by atoms with Crippen LogP contribution in [0.5, 0.6) is 0 Å². The monoisotopic (exact) mass is 259 g/mol. The lowest BCUT2D eigenvalue weighted by molar-refractivity contribution is 0.101. The Morgan fingerprint density at radius 1 is 1.28 bits per heavy atom. The van der Waals surface area contributed by atoms with Gasteiger partial charge < -0.3 is 0 Å². The summed E-state index contributed by atoms with van der Waals surface area (Å²) in [6.45, 7) is 3.57. The van der Waals surface area contributed by atoms with Gasteiger partial charge in [-0.3, -0.25) is 9.78 Å². The molecule has 0 aliphatic rings. The Hall–Kier alpha value is -1.75. The van der Waals surface area contributed by atoms with E-state index in [1.165, 1.54) is 6.92 Å². The Labute approximate surface area is 110 Å². The maximum atomic E-state index is 11.5. The second-order valence-electron chi connectivity index (χ2n) is 3.63. The van der Waals surface area contributed by atoms with Crippen molar-refractivity contribution in [3.8, 4) is 11.4 Å². The van der Waals surface area contributed by atoms with Crippen molar-refractivity contribution in [3.05, 3.63) is 36.4 Å². The third-order valence-corrected chi connectivity index (χ3v) is 3.22. The average molecular weight is 259 g/mol. The van der Waals surface area contributed by atoms with E-state index >= 15 is 0 Å². The van der Waals surface area contributed by atoms with E-state index in [2.05, 4.69) is 15.0 Å². The van der Waals surface area contributed by atoms with E-state index in [1.54, 1.807) is 36.4 Å². The molecule has 2 aromatic rings. The van der Waals surface area contributed by atoms with Gasteiger partial charge in [-0.05, 0) is 17.9 Å². The van der Waals surface area contributed by atoms with Gasteiger partial charge in [-0.1, -0.05) is 6.92 Å². The van der Waals surface area contributed by atoms with Crippen molar-refractivity contribution in [3.63, 3.8) is 0 Å². The van der Waals surface area contributed by atoms with Crippen LogP contribution in [0.2, 0.25) is 0 Å². The summed E-state index contributed by atoms with van der Waals surface area (Å²) >= 11 is 1.60. The number of ketones is 1. The number of Topliss-reactive ketones (excluding diaryl/α,β-unsaturated/α-hetero) is 1. The van der Waals surface area contributed by atoms with E-state index in [9.17, 15) is 4.79 Å². The van der Waals surface area contributed by atoms with E-state index in [-0.39, 0.29) is 5.78 Å². The lowest BCUT2D eigenvalue weighted by Crippen LogP contribution is -2.00. The topological polar surface area (TPSA) is 55.7 Å². The van der Waals surface area contributed by atoms with Gasteiger partial charge in [0, 0.05) is 36.0 Å². The Balaban J connectivity index is 2.46. The molecule has 0 saturated heterocycles. The summed E-state index contributed by atoms with van der Waals surface area (Å²) < 4.78 is 0. The summed E-state index contributed by atoms with van der Waals surface area (Å²) in [7, 11) is 0. The molecule has 0 aliphatic carbocycles. The summed E-state index contributed by atoms with van der Waals surface area (Å²) in [5, 5.41) is 0. The fraction of sp³-hybridized carbons (Fsp3) is 0.231. The largest absolute Gasteiger partial charge is 0.293 e. The van der Waals surface area contributed by atoms with Crippen molar-refractivity contribution in [2.24, 2.45) is 0 Å². The van der Waals surface area contributed by atoms with E-state index < -0.39 is 0 Å². The molecule has 2 rings (SSSR count). The van der Waals surface area contributed by atoms with Crippen LogP contribution in [0.15, 0.2) is 35.6 Å². The molecule has 5 heteroatoms. The lowest BCUT2D eigenvalue weighted by atomic mass is 10.2. The number of carbonyl (C=O) groups excluding carboxylic acids is 1. The first-order valence-electron chi connectivity index (χ1n) is 5.63. The maximum absolute atomic E-state index is 11.5. The third-order valence-electron chi connectivity index (χ3n) is 2.31. The predicted octanol–water partition coefficient (Wildman–Crippen LogP) is 2.85. The summed E-state index contributed by atoms with van der Waals surface area (Å²) in [5.41, 5.74) is 1.35. The first kappa shape index (κ1) is 12.7. The van der Waals surface area contributed by atoms with Crippen molar-refractivity contribution < 1.29 is 4.79 Å². The molecule has 0 radical (unpaired) electrons.